The predicted octanol–water partition coefficient (Wildman–Crippen LogP) is 36.0. The van der Waals surface area contributed by atoms with E-state index in [9.17, 15) is 0 Å². The summed E-state index contributed by atoms with van der Waals surface area (Å²) in [4.78, 5) is 45.2. The summed E-state index contributed by atoms with van der Waals surface area (Å²) in [6.07, 6.45) is 0. The third-order valence-electron chi connectivity index (χ3n) is 34.0. The monoisotopic (exact) mass is 1920 g/mol. The molecule has 0 bridgehead atoms. The number of furan rings is 1. The predicted molar refractivity (Wildman–Crippen MR) is 618 cm³/mol. The minimum atomic E-state index is -0.148. The SMILES string of the molecule is CC1(C)c2ccc(-c3ccc(-c4nc(-c5ccccc5)nc(-c5ccccc5)n4)cc3)cc2-c2cc3c4ccccc4c4ccccc4c3cc2C1(C)C.CC1(C)c2ccc(-c3nc(-c4ccccc4)nc(-c4cccc5oc6ccccc6c45)n3)cc2-c2ccc3c(ccc4ccccc43)c2C1(C)C.CC1(C)c2ccc(-c3nc(-c4ccccc4)nc(-c4ccccc4)n3)cc2-c2ccc3c(ccc4ccccc43)c2C1(C)C. The lowest BCUT2D eigenvalue weighted by Gasteiger charge is -2.49. The van der Waals surface area contributed by atoms with Crippen molar-refractivity contribution >= 4 is 97.3 Å². The standard InChI is InChI=1S/C51H39N3.C47H35N3O.C41H33N3/c1-50(2)45-28-27-36(32-23-25-35(26-24-32)49-53-47(33-15-7-5-8-16-33)52-48(54-49)34-17-9-6-10-18-34)29-43(45)44-30-41-39-21-13-11-19-37(39)38-20-12-14-22-40(38)42(41)31-46(44)51(50,3)4;1-46(2)38-26-22-30(27-37(38)34-25-24-32-31-16-9-8-13-28(31)21-23-33(32)42(34)47(46,3)4)44-48-43(29-14-6-5-7-15-29)49-45(50-44)36-18-12-20-40-41(36)35-17-10-11-19-39(35)51-40;1-40(2)35-24-20-29(39-43-37(27-14-7-5-8-15-27)42-38(44-39)28-16-9-6-10-17-28)25-34(35)33-23-22-31-30-18-12-11-13-26(30)19-21-32(31)36(33)41(40,3)4/h5-31H,1-4H3;5-27H,1-4H3;5-25H,1-4H3. The second-order valence-electron chi connectivity index (χ2n) is 43.4. The smallest absolute Gasteiger partial charge is 0.164 e. The summed E-state index contributed by atoms with van der Waals surface area (Å²) in [5.74, 6) is 5.90. The Hall–Kier alpha value is -17.7. The highest BCUT2D eigenvalue weighted by Gasteiger charge is 2.50. The molecule has 0 spiro atoms. The average molecular weight is 1920 g/mol. The minimum Gasteiger partial charge on any atom is -0.456 e. The van der Waals surface area contributed by atoms with Crippen LogP contribution in [0.5, 0.6) is 0 Å². The van der Waals surface area contributed by atoms with Crippen LogP contribution in [0.2, 0.25) is 0 Å². The van der Waals surface area contributed by atoms with Crippen LogP contribution in [0, 0.1) is 0 Å². The van der Waals surface area contributed by atoms with E-state index >= 15 is 0 Å². The first-order valence-electron chi connectivity index (χ1n) is 51.7. The highest BCUT2D eigenvalue weighted by atomic mass is 16.3. The fourth-order valence-electron chi connectivity index (χ4n) is 24.0. The molecule has 3 aliphatic rings. The van der Waals surface area contributed by atoms with Gasteiger partial charge in [0.15, 0.2) is 52.4 Å². The van der Waals surface area contributed by atoms with Crippen molar-refractivity contribution in [2.75, 3.05) is 0 Å². The molecule has 4 aromatic heterocycles. The van der Waals surface area contributed by atoms with Gasteiger partial charge in [-0.05, 0) is 217 Å². The summed E-state index contributed by atoms with van der Waals surface area (Å²) >= 11 is 0. The van der Waals surface area contributed by atoms with E-state index in [4.69, 9.17) is 49.3 Å². The molecule has 149 heavy (non-hydrogen) atoms. The van der Waals surface area contributed by atoms with E-state index in [-0.39, 0.29) is 32.5 Å². The molecular formula is C139H107N9O. The Balaban J connectivity index is 0.000000113. The zero-order chi connectivity index (χ0) is 101. The van der Waals surface area contributed by atoms with Crippen molar-refractivity contribution in [1.29, 1.82) is 0 Å². The van der Waals surface area contributed by atoms with E-state index in [0.29, 0.717) is 52.4 Å². The van der Waals surface area contributed by atoms with Crippen LogP contribution >= 0.6 is 0 Å². The molecule has 25 aromatic rings. The molecule has 0 aliphatic heterocycles. The Morgan fingerprint density at radius 2 is 0.423 bits per heavy atom. The Kier molecular flexibility index (Phi) is 21.4. The highest BCUT2D eigenvalue weighted by molar-refractivity contribution is 6.26. The zero-order valence-corrected chi connectivity index (χ0v) is 85.4. The Bertz CT molecular complexity index is 9640. The number of aromatic nitrogens is 9. The minimum absolute atomic E-state index is 0.0936. The molecular weight excluding hydrogens is 1810 g/mol. The van der Waals surface area contributed by atoms with E-state index in [1.807, 2.05) is 146 Å². The van der Waals surface area contributed by atoms with Crippen LogP contribution in [0.1, 0.15) is 116 Å². The van der Waals surface area contributed by atoms with Crippen molar-refractivity contribution in [2.24, 2.45) is 0 Å². The van der Waals surface area contributed by atoms with Gasteiger partial charge in [-0.15, -0.1) is 0 Å². The third-order valence-corrected chi connectivity index (χ3v) is 34.0. The molecule has 10 nitrogen and oxygen atoms in total. The maximum absolute atomic E-state index is 6.26. The second kappa shape index (κ2) is 35.0. The van der Waals surface area contributed by atoms with E-state index < -0.39 is 0 Å². The van der Waals surface area contributed by atoms with Gasteiger partial charge in [0.2, 0.25) is 0 Å². The van der Waals surface area contributed by atoms with Gasteiger partial charge >= 0.3 is 0 Å². The summed E-state index contributed by atoms with van der Waals surface area (Å²) < 4.78 is 6.26. The van der Waals surface area contributed by atoms with Crippen LogP contribution in [0.3, 0.4) is 0 Å². The fourth-order valence-corrected chi connectivity index (χ4v) is 24.0. The number of rotatable bonds is 10. The summed E-state index contributed by atoms with van der Waals surface area (Å²) in [6, 6.07) is 153. The van der Waals surface area contributed by atoms with Crippen molar-refractivity contribution in [3.05, 3.63) is 464 Å². The number of fused-ring (bicyclic) bond motifs is 26. The number of nitrogens with zero attached hydrogens (tertiary/aromatic N) is 9. The molecule has 0 saturated carbocycles. The van der Waals surface area contributed by atoms with E-state index in [1.54, 1.807) is 0 Å². The maximum atomic E-state index is 6.26. The second-order valence-corrected chi connectivity index (χ2v) is 43.4. The number of hydrogen-bond donors (Lipinski definition) is 0. The summed E-state index contributed by atoms with van der Waals surface area (Å²) in [5.41, 5.74) is 27.9. The summed E-state index contributed by atoms with van der Waals surface area (Å²) in [7, 11) is 0. The van der Waals surface area contributed by atoms with E-state index in [1.165, 1.54) is 148 Å². The lowest BCUT2D eigenvalue weighted by atomic mass is 9.54. The number of hydrogen-bond acceptors (Lipinski definition) is 10. The largest absolute Gasteiger partial charge is 0.456 e. The van der Waals surface area contributed by atoms with E-state index in [0.717, 1.165) is 77.6 Å². The van der Waals surface area contributed by atoms with Gasteiger partial charge in [0.25, 0.3) is 0 Å². The van der Waals surface area contributed by atoms with Gasteiger partial charge in [-0.3, -0.25) is 0 Å². The molecule has 0 amide bonds. The molecule has 714 valence electrons. The molecule has 0 saturated heterocycles. The van der Waals surface area contributed by atoms with E-state index in [2.05, 4.69) is 368 Å². The first kappa shape index (κ1) is 91.2. The number of para-hydroxylation sites is 1. The molecule has 3 aliphatic carbocycles. The van der Waals surface area contributed by atoms with Gasteiger partial charge in [-0.25, -0.2) is 44.9 Å². The molecule has 0 unspecified atom stereocenters. The molecule has 28 rings (SSSR count). The fraction of sp³-hybridized carbons (Fsp3) is 0.129. The molecule has 21 aromatic carbocycles. The molecule has 0 N–H and O–H groups in total. The van der Waals surface area contributed by atoms with Crippen molar-refractivity contribution in [3.63, 3.8) is 0 Å². The van der Waals surface area contributed by atoms with Crippen LogP contribution in [0.25, 0.3) is 244 Å². The first-order chi connectivity index (χ1) is 72.4. The third kappa shape index (κ3) is 14.9. The highest BCUT2D eigenvalue weighted by Crippen LogP contribution is 2.61. The van der Waals surface area contributed by atoms with Crippen molar-refractivity contribution < 1.29 is 4.42 Å². The van der Waals surface area contributed by atoms with Crippen LogP contribution < -0.4 is 0 Å². The van der Waals surface area contributed by atoms with Crippen LogP contribution in [0.4, 0.5) is 0 Å². The van der Waals surface area contributed by atoms with Crippen molar-refractivity contribution in [3.8, 4) is 147 Å². The molecule has 0 atom stereocenters. The van der Waals surface area contributed by atoms with Gasteiger partial charge in [0.1, 0.15) is 11.2 Å². The van der Waals surface area contributed by atoms with Gasteiger partial charge in [-0.1, -0.05) is 471 Å². The van der Waals surface area contributed by atoms with Crippen molar-refractivity contribution in [1.82, 2.24) is 44.9 Å². The van der Waals surface area contributed by atoms with Gasteiger partial charge in [-0.2, -0.15) is 0 Å². The molecule has 0 fully saturated rings. The topological polar surface area (TPSA) is 129 Å². The van der Waals surface area contributed by atoms with Crippen LogP contribution in [-0.4, -0.2) is 44.9 Å². The van der Waals surface area contributed by atoms with Crippen LogP contribution in [-0.2, 0) is 32.5 Å². The first-order valence-corrected chi connectivity index (χ1v) is 51.7. The lowest BCUT2D eigenvalue weighted by Crippen LogP contribution is -2.43. The maximum Gasteiger partial charge on any atom is 0.164 e. The van der Waals surface area contributed by atoms with Crippen molar-refractivity contribution in [2.45, 2.75) is 116 Å². The Morgan fingerprint density at radius 1 is 0.148 bits per heavy atom. The van der Waals surface area contributed by atoms with Gasteiger partial charge in [0.05, 0.1) is 0 Å². The lowest BCUT2D eigenvalue weighted by molar-refractivity contribution is 0.299. The Labute approximate surface area is 867 Å². The summed E-state index contributed by atoms with van der Waals surface area (Å²) in [6.45, 7) is 28.8. The van der Waals surface area contributed by atoms with Gasteiger partial charge < -0.3 is 4.42 Å². The molecule has 4 heterocycles. The molecule has 10 heteroatoms. The summed E-state index contributed by atoms with van der Waals surface area (Å²) in [5, 5.41) is 20.3. The normalized spacial score (nSPS) is 14.5. The zero-order valence-electron chi connectivity index (χ0n) is 85.4. The number of benzene rings is 21. The van der Waals surface area contributed by atoms with Gasteiger partial charge in [0, 0.05) is 71.7 Å². The van der Waals surface area contributed by atoms with Crippen LogP contribution in [0.15, 0.2) is 435 Å². The average Bonchev–Trinajstić information content (AvgIpc) is 1.60. The Morgan fingerprint density at radius 3 is 0.839 bits per heavy atom. The quantitative estimate of drug-likeness (QED) is 0.122. The molecule has 0 radical (unpaired) electrons.